The van der Waals surface area contributed by atoms with E-state index in [0.29, 0.717) is 6.54 Å². The van der Waals surface area contributed by atoms with Gasteiger partial charge in [0.2, 0.25) is 0 Å². The number of halogens is 1. The highest BCUT2D eigenvalue weighted by Crippen LogP contribution is 2.30. The number of hydrogen-bond donors (Lipinski definition) is 2. The lowest BCUT2D eigenvalue weighted by atomic mass is 10.1. The van der Waals surface area contributed by atoms with Crippen molar-refractivity contribution in [2.24, 2.45) is 0 Å². The third-order valence-electron chi connectivity index (χ3n) is 3.75. The first-order valence-corrected chi connectivity index (χ1v) is 9.46. The van der Waals surface area contributed by atoms with E-state index in [4.69, 9.17) is 0 Å². The van der Waals surface area contributed by atoms with Crippen LogP contribution in [0.3, 0.4) is 0 Å². The molecule has 1 heterocycles. The highest BCUT2D eigenvalue weighted by molar-refractivity contribution is 7.92. The van der Waals surface area contributed by atoms with Gasteiger partial charge in [0.05, 0.1) is 16.3 Å². The van der Waals surface area contributed by atoms with E-state index in [1.807, 2.05) is 0 Å². The summed E-state index contributed by atoms with van der Waals surface area (Å²) in [5.41, 5.74) is 1.47. The summed E-state index contributed by atoms with van der Waals surface area (Å²) in [7, 11) is -2.04. The fourth-order valence-electron chi connectivity index (χ4n) is 2.56. The minimum Gasteiger partial charge on any atom is -0.316 e. The van der Waals surface area contributed by atoms with Crippen molar-refractivity contribution in [3.05, 3.63) is 78.2 Å². The van der Waals surface area contributed by atoms with Gasteiger partial charge in [-0.05, 0) is 42.9 Å². The number of aromatic nitrogens is 1. The highest BCUT2D eigenvalue weighted by atomic mass is 32.2. The monoisotopic (exact) mass is 371 g/mol. The third kappa shape index (κ3) is 3.89. The van der Waals surface area contributed by atoms with Crippen LogP contribution in [0.25, 0.3) is 11.3 Å². The SMILES string of the molecule is CNCc1cnc(-c2ccccc2F)c(NS(=O)(=O)c2ccccc2)c1. The van der Waals surface area contributed by atoms with Gasteiger partial charge in [-0.3, -0.25) is 9.71 Å². The van der Waals surface area contributed by atoms with E-state index < -0.39 is 15.8 Å². The fourth-order valence-corrected chi connectivity index (χ4v) is 3.64. The molecule has 3 aromatic rings. The second-order valence-electron chi connectivity index (χ2n) is 5.67. The second kappa shape index (κ2) is 7.63. The first kappa shape index (κ1) is 18.0. The van der Waals surface area contributed by atoms with Crippen LogP contribution in [-0.2, 0) is 16.6 Å². The van der Waals surface area contributed by atoms with Crippen LogP contribution in [0.15, 0.2) is 71.8 Å². The average molecular weight is 371 g/mol. The Morgan fingerprint density at radius 1 is 1.04 bits per heavy atom. The normalized spacial score (nSPS) is 11.3. The molecule has 1 aromatic heterocycles. The van der Waals surface area contributed by atoms with Crippen molar-refractivity contribution in [1.29, 1.82) is 0 Å². The Morgan fingerprint density at radius 3 is 2.42 bits per heavy atom. The van der Waals surface area contributed by atoms with Gasteiger partial charge >= 0.3 is 0 Å². The Morgan fingerprint density at radius 2 is 1.73 bits per heavy atom. The summed E-state index contributed by atoms with van der Waals surface area (Å²) in [6.45, 7) is 0.505. The van der Waals surface area contributed by atoms with Gasteiger partial charge in [-0.15, -0.1) is 0 Å². The molecular weight excluding hydrogens is 353 g/mol. The first-order valence-electron chi connectivity index (χ1n) is 7.97. The van der Waals surface area contributed by atoms with E-state index in [-0.39, 0.29) is 21.8 Å². The van der Waals surface area contributed by atoms with Crippen LogP contribution in [0.1, 0.15) is 5.56 Å². The molecule has 2 N–H and O–H groups in total. The van der Waals surface area contributed by atoms with Crippen LogP contribution in [0.2, 0.25) is 0 Å². The molecule has 0 saturated heterocycles. The Labute approximate surface area is 152 Å². The molecule has 26 heavy (non-hydrogen) atoms. The predicted molar refractivity (Wildman–Crippen MR) is 99.6 cm³/mol. The molecule has 0 unspecified atom stereocenters. The first-order chi connectivity index (χ1) is 12.5. The average Bonchev–Trinajstić information content (AvgIpc) is 2.64. The largest absolute Gasteiger partial charge is 0.316 e. The molecule has 3 rings (SSSR count). The molecule has 5 nitrogen and oxygen atoms in total. The van der Waals surface area contributed by atoms with Crippen molar-refractivity contribution in [3.63, 3.8) is 0 Å². The fraction of sp³-hybridized carbons (Fsp3) is 0.105. The van der Waals surface area contributed by atoms with Gasteiger partial charge < -0.3 is 5.32 Å². The van der Waals surface area contributed by atoms with E-state index in [2.05, 4.69) is 15.0 Å². The summed E-state index contributed by atoms with van der Waals surface area (Å²) < 4.78 is 42.2. The van der Waals surface area contributed by atoms with Crippen LogP contribution >= 0.6 is 0 Å². The highest BCUT2D eigenvalue weighted by Gasteiger charge is 2.19. The standard InChI is InChI=1S/C19H18FN3O2S/c1-21-12-14-11-18(23-26(24,25)15-7-3-2-4-8-15)19(22-13-14)16-9-5-6-10-17(16)20/h2-11,13,21,23H,12H2,1H3. The molecule has 7 heteroatoms. The van der Waals surface area contributed by atoms with Crippen LogP contribution in [-0.4, -0.2) is 20.4 Å². The van der Waals surface area contributed by atoms with Gasteiger partial charge in [0.1, 0.15) is 5.82 Å². The number of sulfonamides is 1. The zero-order valence-corrected chi connectivity index (χ0v) is 14.9. The molecule has 0 aliphatic heterocycles. The van der Waals surface area contributed by atoms with Crippen molar-refractivity contribution < 1.29 is 12.8 Å². The van der Waals surface area contributed by atoms with Gasteiger partial charge in [-0.25, -0.2) is 12.8 Å². The lowest BCUT2D eigenvalue weighted by molar-refractivity contribution is 0.601. The molecular formula is C19H18FN3O2S. The zero-order valence-electron chi connectivity index (χ0n) is 14.1. The zero-order chi connectivity index (χ0) is 18.6. The topological polar surface area (TPSA) is 71.1 Å². The van der Waals surface area contributed by atoms with Gasteiger partial charge in [-0.2, -0.15) is 0 Å². The third-order valence-corrected chi connectivity index (χ3v) is 5.13. The number of hydrogen-bond acceptors (Lipinski definition) is 4. The number of pyridine rings is 1. The molecule has 0 radical (unpaired) electrons. The Balaban J connectivity index is 2.09. The van der Waals surface area contributed by atoms with Gasteiger partial charge in [0, 0.05) is 18.3 Å². The van der Waals surface area contributed by atoms with Crippen molar-refractivity contribution >= 4 is 15.7 Å². The van der Waals surface area contributed by atoms with E-state index >= 15 is 0 Å². The molecule has 0 saturated carbocycles. The van der Waals surface area contributed by atoms with Crippen LogP contribution < -0.4 is 10.0 Å². The second-order valence-corrected chi connectivity index (χ2v) is 7.35. The van der Waals surface area contributed by atoms with E-state index in [9.17, 15) is 12.8 Å². The predicted octanol–water partition coefficient (Wildman–Crippen LogP) is 3.41. The van der Waals surface area contributed by atoms with Crippen LogP contribution in [0, 0.1) is 5.82 Å². The quantitative estimate of drug-likeness (QED) is 0.697. The summed E-state index contributed by atoms with van der Waals surface area (Å²) >= 11 is 0. The maximum absolute atomic E-state index is 14.2. The molecule has 0 spiro atoms. The van der Waals surface area contributed by atoms with Gasteiger partial charge in [0.15, 0.2) is 0 Å². The molecule has 0 bridgehead atoms. The lowest BCUT2D eigenvalue weighted by Crippen LogP contribution is -2.15. The summed E-state index contributed by atoms with van der Waals surface area (Å²) in [6, 6.07) is 15.8. The van der Waals surface area contributed by atoms with E-state index in [1.165, 1.54) is 18.2 Å². The van der Waals surface area contributed by atoms with Crippen LogP contribution in [0.5, 0.6) is 0 Å². The number of benzene rings is 2. The Hall–Kier alpha value is -2.77. The Kier molecular flexibility index (Phi) is 5.29. The van der Waals surface area contributed by atoms with Crippen molar-refractivity contribution in [2.45, 2.75) is 11.4 Å². The number of nitrogens with one attached hydrogen (secondary N) is 2. The Bertz CT molecular complexity index is 1010. The van der Waals surface area contributed by atoms with Gasteiger partial charge in [0.25, 0.3) is 10.0 Å². The molecule has 0 atom stereocenters. The van der Waals surface area contributed by atoms with E-state index in [1.54, 1.807) is 55.7 Å². The summed E-state index contributed by atoms with van der Waals surface area (Å²) in [6.07, 6.45) is 1.60. The van der Waals surface area contributed by atoms with E-state index in [0.717, 1.165) is 5.56 Å². The number of rotatable bonds is 6. The molecule has 0 aliphatic carbocycles. The van der Waals surface area contributed by atoms with Crippen molar-refractivity contribution in [1.82, 2.24) is 10.3 Å². The summed E-state index contributed by atoms with van der Waals surface area (Å²) in [4.78, 5) is 4.42. The maximum Gasteiger partial charge on any atom is 0.261 e. The van der Waals surface area contributed by atoms with Crippen molar-refractivity contribution in [2.75, 3.05) is 11.8 Å². The number of anilines is 1. The molecule has 2 aromatic carbocycles. The van der Waals surface area contributed by atoms with Crippen LogP contribution in [0.4, 0.5) is 10.1 Å². The lowest BCUT2D eigenvalue weighted by Gasteiger charge is -2.14. The number of nitrogens with zero attached hydrogens (tertiary/aromatic N) is 1. The minimum absolute atomic E-state index is 0.124. The minimum atomic E-state index is -3.82. The molecule has 0 amide bonds. The summed E-state index contributed by atoms with van der Waals surface area (Å²) in [5, 5.41) is 2.99. The molecule has 0 fully saturated rings. The summed E-state index contributed by atoms with van der Waals surface area (Å²) in [5.74, 6) is -0.471. The van der Waals surface area contributed by atoms with Crippen molar-refractivity contribution in [3.8, 4) is 11.3 Å². The smallest absolute Gasteiger partial charge is 0.261 e. The maximum atomic E-state index is 14.2. The van der Waals surface area contributed by atoms with Gasteiger partial charge in [-0.1, -0.05) is 30.3 Å². The molecule has 0 aliphatic rings. The molecule has 134 valence electrons.